The van der Waals surface area contributed by atoms with E-state index in [1.807, 2.05) is 0 Å². The van der Waals surface area contributed by atoms with Crippen LogP contribution in [0.3, 0.4) is 0 Å². The molecule has 1 aromatic rings. The van der Waals surface area contributed by atoms with Crippen LogP contribution in [0.2, 0.25) is 0 Å². The number of hydrogen-bond acceptors (Lipinski definition) is 11. The molecule has 2 bridgehead atoms. The molecule has 0 aromatic heterocycles. The van der Waals surface area contributed by atoms with Crippen molar-refractivity contribution >= 4 is 23.7 Å². The van der Waals surface area contributed by atoms with Crippen LogP contribution in [0.5, 0.6) is 0 Å². The van der Waals surface area contributed by atoms with Crippen LogP contribution in [0.25, 0.3) is 0 Å². The van der Waals surface area contributed by atoms with E-state index in [9.17, 15) is 34.5 Å². The van der Waals surface area contributed by atoms with Gasteiger partial charge >= 0.3 is 17.9 Å². The van der Waals surface area contributed by atoms with Crippen LogP contribution >= 0.6 is 0 Å². The molecule has 0 unspecified atom stereocenters. The monoisotopic (exact) mass is 586 g/mol. The first kappa shape index (κ1) is 30.3. The van der Waals surface area contributed by atoms with Gasteiger partial charge in [0.1, 0.15) is 30.0 Å². The van der Waals surface area contributed by atoms with Crippen LogP contribution < -0.4 is 0 Å². The third-order valence-electron chi connectivity index (χ3n) is 10.2. The molecule has 0 amide bonds. The maximum atomic E-state index is 14.5. The highest BCUT2D eigenvalue weighted by Crippen LogP contribution is 2.64. The summed E-state index contributed by atoms with van der Waals surface area (Å²) in [4.78, 5) is 52.9. The van der Waals surface area contributed by atoms with Gasteiger partial charge in [0, 0.05) is 32.1 Å². The average Bonchev–Trinajstić information content (AvgIpc) is 2.90. The van der Waals surface area contributed by atoms with Gasteiger partial charge in [-0.2, -0.15) is 0 Å². The second-order valence-electron chi connectivity index (χ2n) is 12.8. The van der Waals surface area contributed by atoms with Gasteiger partial charge in [0.05, 0.1) is 29.6 Å². The average molecular weight is 587 g/mol. The third-order valence-corrected chi connectivity index (χ3v) is 10.2. The fourth-order valence-electron chi connectivity index (χ4n) is 7.97. The molecular weight excluding hydrogens is 548 g/mol. The minimum Gasteiger partial charge on any atom is -0.458 e. The molecule has 5 rings (SSSR count). The van der Waals surface area contributed by atoms with Gasteiger partial charge < -0.3 is 34.3 Å². The minimum absolute atomic E-state index is 0.103. The number of hydrogen-bond donors (Lipinski definition) is 3. The standard InChI is InChI=1S/C31H38O11/c1-15-19(40-16(2)32)13-31(38)26(41-27(37)18-10-8-7-9-11-18)24-29(6,25(36)23(35)22(15)28(31,4)5)20(34)12-21-30(24,14-39-21)42-17(3)33/h7-11,19-21,23-24,26,34-35,38H,12-14H2,1-6H3/t19-,20-,21+,23+,24-,26-,29+,30-,31+/m0/s1. The molecular formula is C31H38O11. The molecule has 11 heteroatoms. The van der Waals surface area contributed by atoms with Crippen LogP contribution in [0.15, 0.2) is 41.5 Å². The predicted molar refractivity (Wildman–Crippen MR) is 145 cm³/mol. The summed E-state index contributed by atoms with van der Waals surface area (Å²) in [7, 11) is 0. The molecule has 2 saturated carbocycles. The number of fused-ring (bicyclic) bond motifs is 5. The van der Waals surface area contributed by atoms with Gasteiger partial charge in [0.15, 0.2) is 11.4 Å². The minimum atomic E-state index is -2.11. The van der Waals surface area contributed by atoms with Crippen molar-refractivity contribution in [2.75, 3.05) is 6.61 Å². The zero-order valence-corrected chi connectivity index (χ0v) is 24.6. The topological polar surface area (TPSA) is 166 Å². The molecule has 0 radical (unpaired) electrons. The van der Waals surface area contributed by atoms with Crippen LogP contribution in [0, 0.1) is 16.7 Å². The van der Waals surface area contributed by atoms with E-state index in [-0.39, 0.29) is 30.6 Å². The smallest absolute Gasteiger partial charge is 0.338 e. The van der Waals surface area contributed by atoms with E-state index >= 15 is 0 Å². The molecule has 3 aliphatic carbocycles. The summed E-state index contributed by atoms with van der Waals surface area (Å²) in [5.41, 5.74) is -6.37. The van der Waals surface area contributed by atoms with Gasteiger partial charge in [-0.15, -0.1) is 0 Å². The normalized spacial score (nSPS) is 40.4. The Bertz CT molecular complexity index is 1350. The highest BCUT2D eigenvalue weighted by molar-refractivity contribution is 5.94. The second kappa shape index (κ2) is 9.97. The molecule has 228 valence electrons. The molecule has 9 atom stereocenters. The van der Waals surface area contributed by atoms with Crippen molar-refractivity contribution in [2.24, 2.45) is 16.7 Å². The number of carbonyl (C=O) groups excluding carboxylic acids is 4. The largest absolute Gasteiger partial charge is 0.458 e. The summed E-state index contributed by atoms with van der Waals surface area (Å²) in [5, 5.41) is 36.2. The van der Waals surface area contributed by atoms with Gasteiger partial charge in [-0.3, -0.25) is 14.4 Å². The molecule has 3 fully saturated rings. The van der Waals surface area contributed by atoms with E-state index < -0.39 is 82.2 Å². The lowest BCUT2D eigenvalue weighted by Crippen LogP contribution is -2.81. The van der Waals surface area contributed by atoms with E-state index in [1.54, 1.807) is 39.0 Å². The summed E-state index contributed by atoms with van der Waals surface area (Å²) in [5.74, 6) is -4.35. The predicted octanol–water partition coefficient (Wildman–Crippen LogP) is 1.65. The molecule has 4 aliphatic rings. The summed E-state index contributed by atoms with van der Waals surface area (Å²) in [6.45, 7) is 8.48. The lowest BCUT2D eigenvalue weighted by atomic mass is 9.44. The zero-order valence-electron chi connectivity index (χ0n) is 24.6. The number of Topliss-reactive ketones (excluding diaryl/α,β-unsaturated/α-hetero) is 1. The molecule has 1 heterocycles. The lowest BCUT2D eigenvalue weighted by Gasteiger charge is -2.67. The van der Waals surface area contributed by atoms with E-state index in [0.29, 0.717) is 5.57 Å². The Morgan fingerprint density at radius 1 is 1.00 bits per heavy atom. The molecule has 1 saturated heterocycles. The van der Waals surface area contributed by atoms with Crippen LogP contribution in [0.1, 0.15) is 64.7 Å². The van der Waals surface area contributed by atoms with Crippen molar-refractivity contribution in [3.63, 3.8) is 0 Å². The van der Waals surface area contributed by atoms with Gasteiger partial charge in [-0.1, -0.05) is 32.0 Å². The quantitative estimate of drug-likeness (QED) is 0.267. The number of aliphatic hydroxyl groups is 3. The molecule has 3 N–H and O–H groups in total. The van der Waals surface area contributed by atoms with Gasteiger partial charge in [0.25, 0.3) is 0 Å². The highest BCUT2D eigenvalue weighted by Gasteiger charge is 2.78. The summed E-state index contributed by atoms with van der Waals surface area (Å²) >= 11 is 0. The van der Waals surface area contributed by atoms with E-state index in [2.05, 4.69) is 0 Å². The zero-order chi connectivity index (χ0) is 31.0. The first-order valence-corrected chi connectivity index (χ1v) is 14.1. The number of ketones is 1. The van der Waals surface area contributed by atoms with Gasteiger partial charge in [-0.05, 0) is 37.1 Å². The van der Waals surface area contributed by atoms with E-state index in [0.717, 1.165) is 0 Å². The van der Waals surface area contributed by atoms with Crippen molar-refractivity contribution in [2.45, 2.75) is 96.1 Å². The number of carbonyl (C=O) groups is 4. The Morgan fingerprint density at radius 3 is 2.19 bits per heavy atom. The molecule has 11 nitrogen and oxygen atoms in total. The third kappa shape index (κ3) is 4.08. The van der Waals surface area contributed by atoms with Crippen LogP contribution in [-0.2, 0) is 33.3 Å². The van der Waals surface area contributed by atoms with Crippen LogP contribution in [-0.4, -0.2) is 87.3 Å². The Hall–Kier alpha value is -3.12. The van der Waals surface area contributed by atoms with Crippen molar-refractivity contribution in [1.82, 2.24) is 0 Å². The Labute approximate surface area is 243 Å². The van der Waals surface area contributed by atoms with Crippen molar-refractivity contribution in [1.29, 1.82) is 0 Å². The SMILES string of the molecule is CC(=O)O[C@H]1C[C@@]2(O)[C@@H](OC(=O)c3ccccc3)[C@@H]3[C@]4(OC(C)=O)CO[C@@H]4C[C@H](O)[C@@]3(C)C(=O)[C@H](O)C(=C1C)C2(C)C. The summed E-state index contributed by atoms with van der Waals surface area (Å²) < 4.78 is 23.4. The molecule has 42 heavy (non-hydrogen) atoms. The first-order chi connectivity index (χ1) is 19.5. The fraction of sp³-hybridized carbons (Fsp3) is 0.613. The Kier molecular flexibility index (Phi) is 7.20. The van der Waals surface area contributed by atoms with Crippen LogP contribution in [0.4, 0.5) is 0 Å². The number of ether oxygens (including phenoxy) is 4. The lowest BCUT2D eigenvalue weighted by molar-refractivity contribution is -0.345. The van der Waals surface area contributed by atoms with Gasteiger partial charge in [0.2, 0.25) is 0 Å². The highest BCUT2D eigenvalue weighted by atomic mass is 16.6. The van der Waals surface area contributed by atoms with Crippen molar-refractivity contribution < 1.29 is 53.4 Å². The molecule has 1 aromatic carbocycles. The van der Waals surface area contributed by atoms with E-state index in [1.165, 1.54) is 32.9 Å². The maximum absolute atomic E-state index is 14.5. The summed E-state index contributed by atoms with van der Waals surface area (Å²) in [6, 6.07) is 8.05. The van der Waals surface area contributed by atoms with Crippen molar-refractivity contribution in [3.8, 4) is 0 Å². The summed E-state index contributed by atoms with van der Waals surface area (Å²) in [6.07, 6.45) is -7.19. The maximum Gasteiger partial charge on any atom is 0.338 e. The van der Waals surface area contributed by atoms with Gasteiger partial charge in [-0.25, -0.2) is 4.79 Å². The molecule has 0 spiro atoms. The molecule has 1 aliphatic heterocycles. The second-order valence-corrected chi connectivity index (χ2v) is 12.8. The van der Waals surface area contributed by atoms with E-state index in [4.69, 9.17) is 18.9 Å². The number of aliphatic hydroxyl groups excluding tert-OH is 2. The number of rotatable bonds is 4. The Balaban J connectivity index is 1.82. The number of esters is 3. The Morgan fingerprint density at radius 2 is 1.64 bits per heavy atom. The first-order valence-electron chi connectivity index (χ1n) is 14.1. The number of benzene rings is 1. The fourth-order valence-corrected chi connectivity index (χ4v) is 7.97. The van der Waals surface area contributed by atoms with Crippen molar-refractivity contribution in [3.05, 3.63) is 47.0 Å².